The van der Waals surface area contributed by atoms with Gasteiger partial charge in [-0.3, -0.25) is 5.10 Å². The van der Waals surface area contributed by atoms with E-state index >= 15 is 0 Å². The smallest absolute Gasteiger partial charge is 0.148 e. The number of H-pyrrole nitrogens is 1. The first-order valence-corrected chi connectivity index (χ1v) is 4.25. The van der Waals surface area contributed by atoms with Gasteiger partial charge < -0.3 is 5.32 Å². The summed E-state index contributed by atoms with van der Waals surface area (Å²) in [6.45, 7) is 8.93. The van der Waals surface area contributed by atoms with E-state index in [2.05, 4.69) is 29.0 Å². The maximum absolute atomic E-state index is 4.08. The Hall–Kier alpha value is -1.25. The van der Waals surface area contributed by atoms with Crippen LogP contribution in [0.4, 0.5) is 5.82 Å². The number of hydrogen-bond acceptors (Lipinski definition) is 2. The molecule has 1 aromatic rings. The number of anilines is 1. The van der Waals surface area contributed by atoms with Crippen LogP contribution in [0.2, 0.25) is 0 Å². The number of hydrogen-bond donors (Lipinski definition) is 2. The minimum atomic E-state index is 0.891. The van der Waals surface area contributed by atoms with E-state index in [1.807, 2.05) is 13.0 Å². The Morgan fingerprint density at radius 2 is 2.42 bits per heavy atom. The molecule has 0 amide bonds. The predicted molar refractivity (Wildman–Crippen MR) is 52.1 cm³/mol. The first-order chi connectivity index (χ1) is 5.77. The lowest BCUT2D eigenvalue weighted by Gasteiger charge is -1.95. The van der Waals surface area contributed by atoms with Gasteiger partial charge in [0.1, 0.15) is 5.82 Å². The summed E-state index contributed by atoms with van der Waals surface area (Å²) >= 11 is 0. The van der Waals surface area contributed by atoms with Crippen molar-refractivity contribution in [2.45, 2.75) is 20.3 Å². The summed E-state index contributed by atoms with van der Waals surface area (Å²) in [5.41, 5.74) is 2.11. The normalized spacial score (nSPS) is 9.83. The number of aromatic nitrogens is 2. The number of rotatable bonds is 4. The number of nitrogens with zero attached hydrogens (tertiary/aromatic N) is 1. The first kappa shape index (κ1) is 8.84. The van der Waals surface area contributed by atoms with Crippen molar-refractivity contribution in [1.82, 2.24) is 10.2 Å². The van der Waals surface area contributed by atoms with E-state index in [4.69, 9.17) is 0 Å². The highest BCUT2D eigenvalue weighted by Crippen LogP contribution is 2.15. The van der Waals surface area contributed by atoms with Crippen molar-refractivity contribution in [2.24, 2.45) is 0 Å². The van der Waals surface area contributed by atoms with Gasteiger partial charge in [-0.1, -0.05) is 13.5 Å². The monoisotopic (exact) mass is 165 g/mol. The molecule has 0 unspecified atom stereocenters. The molecule has 0 radical (unpaired) electrons. The van der Waals surface area contributed by atoms with Gasteiger partial charge in [0.05, 0.1) is 5.69 Å². The summed E-state index contributed by atoms with van der Waals surface area (Å²) in [4.78, 5) is 0. The number of nitrogens with one attached hydrogen (secondary N) is 2. The Kier molecular flexibility index (Phi) is 2.91. The minimum Gasteiger partial charge on any atom is -0.369 e. The average molecular weight is 165 g/mol. The maximum atomic E-state index is 4.08. The molecule has 0 aliphatic carbocycles. The Morgan fingerprint density at radius 3 is 3.00 bits per heavy atom. The van der Waals surface area contributed by atoms with Crippen LogP contribution in [0, 0.1) is 0 Å². The van der Waals surface area contributed by atoms with Crippen molar-refractivity contribution in [2.75, 3.05) is 11.9 Å². The molecule has 66 valence electrons. The molecule has 1 heterocycles. The van der Waals surface area contributed by atoms with Gasteiger partial charge in [0, 0.05) is 12.6 Å². The molecule has 0 aliphatic heterocycles. The van der Waals surface area contributed by atoms with Crippen molar-refractivity contribution in [1.29, 1.82) is 0 Å². The molecule has 0 atom stereocenters. The Balaban J connectivity index is 2.70. The van der Waals surface area contributed by atoms with Crippen molar-refractivity contribution < 1.29 is 0 Å². The van der Waals surface area contributed by atoms with E-state index in [0.29, 0.717) is 0 Å². The average Bonchev–Trinajstić information content (AvgIpc) is 2.52. The van der Waals surface area contributed by atoms with Crippen LogP contribution in [0.3, 0.4) is 0 Å². The zero-order valence-corrected chi connectivity index (χ0v) is 7.65. The predicted octanol–water partition coefficient (Wildman–Crippen LogP) is 2.26. The molecular weight excluding hydrogens is 150 g/mol. The molecule has 0 bridgehead atoms. The molecule has 0 aliphatic rings. The SMILES string of the molecule is C=C(CC)c1cc(NCC)n[nH]1. The van der Waals surface area contributed by atoms with Gasteiger partial charge in [0.15, 0.2) is 0 Å². The Morgan fingerprint density at radius 1 is 1.67 bits per heavy atom. The quantitative estimate of drug-likeness (QED) is 0.718. The van der Waals surface area contributed by atoms with Crippen LogP contribution in [-0.4, -0.2) is 16.7 Å². The van der Waals surface area contributed by atoms with Gasteiger partial charge in [-0.25, -0.2) is 0 Å². The summed E-state index contributed by atoms with van der Waals surface area (Å²) in [5.74, 6) is 0.891. The van der Waals surface area contributed by atoms with E-state index in [-0.39, 0.29) is 0 Å². The van der Waals surface area contributed by atoms with E-state index in [1.54, 1.807) is 0 Å². The topological polar surface area (TPSA) is 40.7 Å². The lowest BCUT2D eigenvalue weighted by atomic mass is 10.2. The van der Waals surface area contributed by atoms with Gasteiger partial charge >= 0.3 is 0 Å². The summed E-state index contributed by atoms with van der Waals surface area (Å²) in [6, 6.07) is 1.98. The Labute approximate surface area is 72.9 Å². The Bertz CT molecular complexity index is 262. The van der Waals surface area contributed by atoms with E-state index in [0.717, 1.165) is 30.1 Å². The van der Waals surface area contributed by atoms with Gasteiger partial charge in [-0.15, -0.1) is 0 Å². The van der Waals surface area contributed by atoms with Crippen LogP contribution >= 0.6 is 0 Å². The lowest BCUT2D eigenvalue weighted by molar-refractivity contribution is 1.04. The van der Waals surface area contributed by atoms with Crippen LogP contribution in [0.25, 0.3) is 5.57 Å². The maximum Gasteiger partial charge on any atom is 0.148 e. The van der Waals surface area contributed by atoms with Crippen LogP contribution in [0.5, 0.6) is 0 Å². The fraction of sp³-hybridized carbons (Fsp3) is 0.444. The third-order valence-corrected chi connectivity index (χ3v) is 1.74. The third-order valence-electron chi connectivity index (χ3n) is 1.74. The molecule has 0 saturated carbocycles. The molecule has 12 heavy (non-hydrogen) atoms. The van der Waals surface area contributed by atoms with Crippen LogP contribution < -0.4 is 5.32 Å². The fourth-order valence-electron chi connectivity index (χ4n) is 0.965. The zero-order chi connectivity index (χ0) is 8.97. The van der Waals surface area contributed by atoms with E-state index < -0.39 is 0 Å². The van der Waals surface area contributed by atoms with Crippen LogP contribution in [0.15, 0.2) is 12.6 Å². The number of allylic oxidation sites excluding steroid dienone is 1. The van der Waals surface area contributed by atoms with Gasteiger partial charge in [-0.05, 0) is 18.9 Å². The molecule has 3 nitrogen and oxygen atoms in total. The lowest BCUT2D eigenvalue weighted by Crippen LogP contribution is -1.95. The summed E-state index contributed by atoms with van der Waals surface area (Å²) in [7, 11) is 0. The molecule has 0 spiro atoms. The van der Waals surface area contributed by atoms with Crippen LogP contribution in [-0.2, 0) is 0 Å². The molecule has 0 fully saturated rings. The summed E-state index contributed by atoms with van der Waals surface area (Å²) in [5, 5.41) is 10.1. The molecule has 1 aromatic heterocycles. The van der Waals surface area contributed by atoms with Crippen molar-refractivity contribution >= 4 is 11.4 Å². The third kappa shape index (κ3) is 1.87. The highest BCUT2D eigenvalue weighted by molar-refractivity contribution is 5.62. The first-order valence-electron chi connectivity index (χ1n) is 4.25. The molecule has 0 saturated heterocycles. The summed E-state index contributed by atoms with van der Waals surface area (Å²) in [6.07, 6.45) is 0.952. The highest BCUT2D eigenvalue weighted by Gasteiger charge is 2.00. The van der Waals surface area contributed by atoms with Gasteiger partial charge in [0.25, 0.3) is 0 Å². The second kappa shape index (κ2) is 3.95. The number of aromatic amines is 1. The minimum absolute atomic E-state index is 0.891. The fourth-order valence-corrected chi connectivity index (χ4v) is 0.965. The van der Waals surface area contributed by atoms with Crippen LogP contribution in [0.1, 0.15) is 26.0 Å². The molecular formula is C9H15N3. The zero-order valence-electron chi connectivity index (χ0n) is 7.65. The summed E-state index contributed by atoms with van der Waals surface area (Å²) < 4.78 is 0. The molecule has 2 N–H and O–H groups in total. The van der Waals surface area contributed by atoms with Gasteiger partial charge in [0.2, 0.25) is 0 Å². The molecule has 0 aromatic carbocycles. The van der Waals surface area contributed by atoms with Crippen molar-refractivity contribution in [3.05, 3.63) is 18.3 Å². The second-order valence-electron chi connectivity index (χ2n) is 2.65. The van der Waals surface area contributed by atoms with E-state index in [1.165, 1.54) is 0 Å². The standard InChI is InChI=1S/C9H15N3/c1-4-7(3)8-6-9(10-5-2)12-11-8/h6H,3-5H2,1-2H3,(H2,10,11,12). The van der Waals surface area contributed by atoms with E-state index in [9.17, 15) is 0 Å². The molecule has 3 heteroatoms. The second-order valence-corrected chi connectivity index (χ2v) is 2.65. The highest BCUT2D eigenvalue weighted by atomic mass is 15.2. The van der Waals surface area contributed by atoms with Crippen molar-refractivity contribution in [3.63, 3.8) is 0 Å². The largest absolute Gasteiger partial charge is 0.369 e. The van der Waals surface area contributed by atoms with Crippen molar-refractivity contribution in [3.8, 4) is 0 Å². The molecule has 1 rings (SSSR count). The van der Waals surface area contributed by atoms with Gasteiger partial charge in [-0.2, -0.15) is 5.10 Å².